The second kappa shape index (κ2) is 31.3. The van der Waals surface area contributed by atoms with Crippen LogP contribution in [-0.4, -0.2) is 155 Å². The molecule has 2 aliphatic rings. The highest BCUT2D eigenvalue weighted by atomic mass is 19.1. The number of ether oxygens (including phenoxy) is 4. The van der Waals surface area contributed by atoms with Gasteiger partial charge in [0.2, 0.25) is 5.91 Å². The number of rotatable bonds is 19. The lowest BCUT2D eigenvalue weighted by Gasteiger charge is -2.34. The third kappa shape index (κ3) is 18.6. The topological polar surface area (TPSA) is 204 Å². The number of para-hydroxylation sites is 2. The first-order valence-electron chi connectivity index (χ1n) is 22.3. The minimum atomic E-state index is -0.184. The summed E-state index contributed by atoms with van der Waals surface area (Å²) >= 11 is 0. The molecule has 6 rings (SSSR count). The number of amides is 2. The number of nitrogens with zero attached hydrogens (tertiary/aromatic N) is 5. The normalized spacial score (nSPS) is 14.0. The van der Waals surface area contributed by atoms with Gasteiger partial charge in [0, 0.05) is 82.1 Å². The Labute approximate surface area is 405 Å². The number of allylic oxidation sites excluding steroid dienone is 2. The number of aromatic hydroxyl groups is 2. The molecule has 0 saturated carbocycles. The molecule has 0 atom stereocenters. The van der Waals surface area contributed by atoms with Crippen molar-refractivity contribution in [2.45, 2.75) is 25.9 Å². The van der Waals surface area contributed by atoms with E-state index in [4.69, 9.17) is 24.8 Å². The van der Waals surface area contributed by atoms with Crippen LogP contribution < -0.4 is 35.6 Å². The zero-order chi connectivity index (χ0) is 50.6. The van der Waals surface area contributed by atoms with Gasteiger partial charge in [-0.05, 0) is 72.5 Å². The number of carbonyl (C=O) groups is 3. The third-order valence-electron chi connectivity index (χ3n) is 11.1. The summed E-state index contributed by atoms with van der Waals surface area (Å²) in [6.07, 6.45) is 6.65. The maximum atomic E-state index is 12.3. The summed E-state index contributed by atoms with van der Waals surface area (Å²) in [7, 11) is 7.16. The Morgan fingerprint density at radius 2 is 1.06 bits per heavy atom. The van der Waals surface area contributed by atoms with Gasteiger partial charge in [0.25, 0.3) is 5.91 Å². The summed E-state index contributed by atoms with van der Waals surface area (Å²) in [4.78, 5) is 42.9. The standard InChI is InChI=1S/C25H32N4O4.C15H24N4O3.C10H10O2.CH3F/c1-4-6-19-7-5-8-20(25(19)31)16-26-27-24(30)18-29-13-11-28(12-14-29)17-21-15-22(32-2)9-10-23(21)33-3;1-21-13-3-4-14(22-2)12(9-13)10-18-5-7-19(8-6-18)11-15(20)17-16;1-2-4-8-5-3-6-9(7-11)10(8)12;1-2/h4-5,7-10,15-16,31H,1,6,11-14,17-18H2,2-3H3,(H,27,30);3-4,9H,5-8,10-11,16H2,1-2H3,(H,17,20);2-3,5-7,12H,1,4H2;1H3/b26-16+;;;. The molecule has 0 spiro atoms. The van der Waals surface area contributed by atoms with Gasteiger partial charge in [0.15, 0.2) is 6.29 Å². The molecule has 0 aliphatic carbocycles. The van der Waals surface area contributed by atoms with Crippen molar-refractivity contribution >= 4 is 24.3 Å². The fourth-order valence-corrected chi connectivity index (χ4v) is 7.43. The predicted molar refractivity (Wildman–Crippen MR) is 267 cm³/mol. The maximum absolute atomic E-state index is 12.3. The minimum Gasteiger partial charge on any atom is -0.507 e. The number of hydrazone groups is 1. The number of nitrogens with one attached hydrogen (secondary N) is 2. The number of aldehydes is 1. The van der Waals surface area contributed by atoms with Gasteiger partial charge in [0.05, 0.1) is 60.5 Å². The van der Waals surface area contributed by atoms with Gasteiger partial charge in [-0.2, -0.15) is 5.10 Å². The number of phenols is 2. The molecule has 2 aliphatic heterocycles. The second-order valence-electron chi connectivity index (χ2n) is 15.6. The number of alkyl halides is 1. The van der Waals surface area contributed by atoms with E-state index in [0.717, 1.165) is 111 Å². The molecule has 17 nitrogen and oxygen atoms in total. The molecule has 2 saturated heterocycles. The molecule has 4 aromatic rings. The van der Waals surface area contributed by atoms with Gasteiger partial charge >= 0.3 is 0 Å². The lowest BCUT2D eigenvalue weighted by Crippen LogP contribution is -2.49. The van der Waals surface area contributed by atoms with E-state index in [0.29, 0.717) is 44.0 Å². The van der Waals surface area contributed by atoms with Gasteiger partial charge < -0.3 is 29.2 Å². The first-order chi connectivity index (χ1) is 33.5. The summed E-state index contributed by atoms with van der Waals surface area (Å²) in [5.41, 5.74) is 9.28. The third-order valence-corrected chi connectivity index (χ3v) is 11.1. The van der Waals surface area contributed by atoms with Crippen LogP contribution in [0.2, 0.25) is 0 Å². The molecule has 0 aromatic heterocycles. The van der Waals surface area contributed by atoms with Crippen molar-refractivity contribution in [2.75, 3.05) is 101 Å². The Kier molecular flexibility index (Phi) is 25.6. The van der Waals surface area contributed by atoms with Crippen LogP contribution in [0.4, 0.5) is 4.39 Å². The smallest absolute Gasteiger partial charge is 0.254 e. The zero-order valence-electron chi connectivity index (χ0n) is 40.5. The number of nitrogens with two attached hydrogens (primary N) is 1. The fraction of sp³-hybridized carbons (Fsp3) is 0.373. The van der Waals surface area contributed by atoms with Gasteiger partial charge in [-0.25, -0.2) is 11.3 Å². The molecule has 2 fully saturated rings. The van der Waals surface area contributed by atoms with E-state index in [1.54, 1.807) is 64.9 Å². The molecule has 2 amide bonds. The molecular weight excluding hydrogens is 888 g/mol. The number of carbonyl (C=O) groups excluding carboxylic acids is 3. The van der Waals surface area contributed by atoms with Crippen LogP contribution in [0.1, 0.15) is 38.2 Å². The fourth-order valence-electron chi connectivity index (χ4n) is 7.43. The number of hydrogen-bond acceptors (Lipinski definition) is 15. The maximum Gasteiger partial charge on any atom is 0.254 e. The average Bonchev–Trinajstić information content (AvgIpc) is 3.38. The number of hydrazine groups is 1. The predicted octanol–water partition coefficient (Wildman–Crippen LogP) is 4.74. The monoisotopic (exact) mass is 957 g/mol. The number of benzene rings is 4. The molecule has 18 heteroatoms. The summed E-state index contributed by atoms with van der Waals surface area (Å²) in [6, 6.07) is 22.1. The Morgan fingerprint density at radius 3 is 1.46 bits per heavy atom. The van der Waals surface area contributed by atoms with Crippen LogP contribution in [0.25, 0.3) is 0 Å². The Hall–Kier alpha value is -6.83. The average molecular weight is 957 g/mol. The van der Waals surface area contributed by atoms with Gasteiger partial charge in [-0.3, -0.25) is 43.8 Å². The highest BCUT2D eigenvalue weighted by Gasteiger charge is 2.22. The van der Waals surface area contributed by atoms with Crippen molar-refractivity contribution in [1.29, 1.82) is 0 Å². The number of hydrogen-bond donors (Lipinski definition) is 5. The van der Waals surface area contributed by atoms with E-state index >= 15 is 0 Å². The first-order valence-corrected chi connectivity index (χ1v) is 22.3. The second-order valence-corrected chi connectivity index (χ2v) is 15.6. The molecular formula is C51H69FN8O9. The van der Waals surface area contributed by atoms with Crippen LogP contribution in [-0.2, 0) is 35.5 Å². The Morgan fingerprint density at radius 1 is 0.638 bits per heavy atom. The van der Waals surface area contributed by atoms with Crippen LogP contribution in [0, 0.1) is 0 Å². The van der Waals surface area contributed by atoms with E-state index in [-0.39, 0.29) is 29.9 Å². The molecule has 4 aromatic carbocycles. The molecule has 0 bridgehead atoms. The van der Waals surface area contributed by atoms with Crippen molar-refractivity contribution in [3.63, 3.8) is 0 Å². The van der Waals surface area contributed by atoms with Crippen LogP contribution in [0.5, 0.6) is 34.5 Å². The Bertz CT molecular complexity index is 2260. The molecule has 2 heterocycles. The molecule has 0 radical (unpaired) electrons. The molecule has 374 valence electrons. The van der Waals surface area contributed by atoms with Crippen LogP contribution >= 0.6 is 0 Å². The van der Waals surface area contributed by atoms with Crippen molar-refractivity contribution in [3.05, 3.63) is 131 Å². The van der Waals surface area contributed by atoms with Crippen LogP contribution in [0.15, 0.2) is 103 Å². The zero-order valence-corrected chi connectivity index (χ0v) is 40.5. The van der Waals surface area contributed by atoms with E-state index in [1.807, 2.05) is 48.5 Å². The summed E-state index contributed by atoms with van der Waals surface area (Å²) < 4.78 is 31.0. The van der Waals surface area contributed by atoms with E-state index in [1.165, 1.54) is 6.21 Å². The Balaban J connectivity index is 0.000000299. The minimum absolute atomic E-state index is 0.0624. The molecule has 0 unspecified atom stereocenters. The van der Waals surface area contributed by atoms with Crippen molar-refractivity contribution in [1.82, 2.24) is 30.5 Å². The quantitative estimate of drug-likeness (QED) is 0.0215. The SMILES string of the molecule is C=CCc1cccc(/C=N/NC(=O)CN2CCN(Cc3cc(OC)ccc3OC)CC2)c1O.C=CCc1cccc(C=O)c1O.CF.COc1ccc(OC)c(CN2CCN(CC(=O)NN)CC2)c1. The van der Waals surface area contributed by atoms with Crippen molar-refractivity contribution in [3.8, 4) is 34.5 Å². The largest absolute Gasteiger partial charge is 0.507 e. The van der Waals surface area contributed by atoms with E-state index in [9.17, 15) is 29.0 Å². The number of phenolic OH excluding ortho intramolecular Hbond substituents is 2. The number of halogens is 1. The summed E-state index contributed by atoms with van der Waals surface area (Å²) in [6.45, 7) is 16.2. The highest BCUT2D eigenvalue weighted by molar-refractivity contribution is 5.86. The number of methoxy groups -OCH3 is 4. The van der Waals surface area contributed by atoms with Gasteiger partial charge in [-0.15, -0.1) is 13.2 Å². The van der Waals surface area contributed by atoms with Crippen molar-refractivity contribution in [2.24, 2.45) is 10.9 Å². The number of piperazine rings is 2. The molecule has 69 heavy (non-hydrogen) atoms. The first kappa shape index (κ1) is 56.5. The van der Waals surface area contributed by atoms with E-state index < -0.39 is 0 Å². The van der Waals surface area contributed by atoms with E-state index in [2.05, 4.69) is 48.7 Å². The molecule has 6 N–H and O–H groups in total. The van der Waals surface area contributed by atoms with Gasteiger partial charge in [-0.1, -0.05) is 36.4 Å². The summed E-state index contributed by atoms with van der Waals surface area (Å²) in [5.74, 6) is 8.34. The van der Waals surface area contributed by atoms with Crippen LogP contribution in [0.3, 0.4) is 0 Å². The lowest BCUT2D eigenvalue weighted by molar-refractivity contribution is -0.123. The van der Waals surface area contributed by atoms with Gasteiger partial charge in [0.1, 0.15) is 34.5 Å². The lowest BCUT2D eigenvalue weighted by atomic mass is 10.1. The summed E-state index contributed by atoms with van der Waals surface area (Å²) in [5, 5.41) is 23.7. The highest BCUT2D eigenvalue weighted by Crippen LogP contribution is 2.27. The van der Waals surface area contributed by atoms with Crippen molar-refractivity contribution < 1.29 is 47.9 Å².